The summed E-state index contributed by atoms with van der Waals surface area (Å²) in [6.45, 7) is 2.52. The number of likely N-dealkylation sites (tertiary alicyclic amines) is 1. The van der Waals surface area contributed by atoms with Crippen LogP contribution in [-0.4, -0.2) is 46.4 Å². The molecule has 2 aromatic rings. The molecular weight excluding hydrogens is 406 g/mol. The third kappa shape index (κ3) is 4.03. The minimum Gasteiger partial charge on any atom is -0.445 e. The zero-order valence-corrected chi connectivity index (χ0v) is 17.3. The number of aromatic nitrogens is 1. The number of anilines is 1. The number of carbonyl (C=O) groups excluding carboxylic acids is 3. The van der Waals surface area contributed by atoms with Gasteiger partial charge in [0.2, 0.25) is 5.91 Å². The highest BCUT2D eigenvalue weighted by atomic mass is 35.5. The minimum absolute atomic E-state index is 0.124. The van der Waals surface area contributed by atoms with E-state index in [9.17, 15) is 14.4 Å². The second-order valence-electron chi connectivity index (χ2n) is 7.87. The molecule has 8 heteroatoms. The zero-order chi connectivity index (χ0) is 21.3. The highest BCUT2D eigenvalue weighted by Gasteiger charge is 2.45. The standard InChI is InChI=1S/C22H22ClN3O4/c1-22(12-15-4-2-3-5-17(15)20(28)30-22)21(29)26-10-8-14(9-11-26)19(27)25-18-7-6-16(23)13-24-18/h2-7,13-14H,8-12H2,1H3,(H,24,25,27). The first-order valence-electron chi connectivity index (χ1n) is 9.89. The Balaban J connectivity index is 1.37. The number of carbonyl (C=O) groups is 3. The Kier molecular flexibility index (Phi) is 5.47. The molecule has 0 aliphatic carbocycles. The first-order chi connectivity index (χ1) is 14.4. The molecule has 1 aromatic heterocycles. The van der Waals surface area contributed by atoms with Gasteiger partial charge < -0.3 is 15.0 Å². The van der Waals surface area contributed by atoms with E-state index in [1.807, 2.05) is 12.1 Å². The summed E-state index contributed by atoms with van der Waals surface area (Å²) in [5.74, 6) is -0.584. The summed E-state index contributed by atoms with van der Waals surface area (Å²) < 4.78 is 5.55. The summed E-state index contributed by atoms with van der Waals surface area (Å²) in [7, 11) is 0. The Morgan fingerprint density at radius 1 is 1.20 bits per heavy atom. The summed E-state index contributed by atoms with van der Waals surface area (Å²) in [5.41, 5.74) is 0.0941. The van der Waals surface area contributed by atoms with Crippen molar-refractivity contribution in [1.29, 1.82) is 0 Å². The van der Waals surface area contributed by atoms with Gasteiger partial charge in [0.1, 0.15) is 5.82 Å². The molecule has 2 amide bonds. The molecule has 2 aliphatic heterocycles. The Bertz CT molecular complexity index is 986. The van der Waals surface area contributed by atoms with E-state index in [0.717, 1.165) is 5.56 Å². The maximum Gasteiger partial charge on any atom is 0.339 e. The summed E-state index contributed by atoms with van der Waals surface area (Å²) in [4.78, 5) is 43.8. The number of halogens is 1. The molecule has 0 saturated carbocycles. The molecule has 156 valence electrons. The van der Waals surface area contributed by atoms with Crippen molar-refractivity contribution in [1.82, 2.24) is 9.88 Å². The lowest BCUT2D eigenvalue weighted by Gasteiger charge is -2.39. The van der Waals surface area contributed by atoms with Gasteiger partial charge in [-0.25, -0.2) is 9.78 Å². The van der Waals surface area contributed by atoms with Gasteiger partial charge in [0.05, 0.1) is 10.6 Å². The van der Waals surface area contributed by atoms with Crippen LogP contribution >= 0.6 is 11.6 Å². The lowest BCUT2D eigenvalue weighted by atomic mass is 9.87. The van der Waals surface area contributed by atoms with Gasteiger partial charge in [0.15, 0.2) is 5.60 Å². The van der Waals surface area contributed by atoms with Crippen LogP contribution in [0.5, 0.6) is 0 Å². The van der Waals surface area contributed by atoms with Crippen LogP contribution in [0.1, 0.15) is 35.7 Å². The van der Waals surface area contributed by atoms with Crippen molar-refractivity contribution in [3.8, 4) is 0 Å². The molecule has 3 heterocycles. The van der Waals surface area contributed by atoms with E-state index >= 15 is 0 Å². The molecule has 1 aromatic carbocycles. The predicted molar refractivity (Wildman–Crippen MR) is 111 cm³/mol. The number of fused-ring (bicyclic) bond motifs is 1. The predicted octanol–water partition coefficient (Wildman–Crippen LogP) is 3.08. The van der Waals surface area contributed by atoms with Crippen molar-refractivity contribution in [2.45, 2.75) is 31.8 Å². The Hall–Kier alpha value is -2.93. The van der Waals surface area contributed by atoms with E-state index in [2.05, 4.69) is 10.3 Å². The third-order valence-electron chi connectivity index (χ3n) is 5.67. The number of benzene rings is 1. The summed E-state index contributed by atoms with van der Waals surface area (Å²) >= 11 is 5.81. The molecule has 4 rings (SSSR count). The van der Waals surface area contributed by atoms with Crippen molar-refractivity contribution in [3.05, 3.63) is 58.7 Å². The largest absolute Gasteiger partial charge is 0.445 e. The molecule has 0 spiro atoms. The average Bonchev–Trinajstić information content (AvgIpc) is 2.75. The van der Waals surface area contributed by atoms with E-state index in [1.165, 1.54) is 6.20 Å². The van der Waals surface area contributed by atoms with Gasteiger partial charge in [-0.15, -0.1) is 0 Å². The minimum atomic E-state index is -1.23. The Labute approximate surface area is 179 Å². The molecule has 7 nitrogen and oxygen atoms in total. The second-order valence-corrected chi connectivity index (χ2v) is 8.31. The summed E-state index contributed by atoms with van der Waals surface area (Å²) in [6.07, 6.45) is 2.89. The van der Waals surface area contributed by atoms with Crippen molar-refractivity contribution in [2.24, 2.45) is 5.92 Å². The van der Waals surface area contributed by atoms with Crippen molar-refractivity contribution in [2.75, 3.05) is 18.4 Å². The van der Waals surface area contributed by atoms with E-state index in [4.69, 9.17) is 16.3 Å². The van der Waals surface area contributed by atoms with Gasteiger partial charge in [-0.2, -0.15) is 0 Å². The Morgan fingerprint density at radius 3 is 2.63 bits per heavy atom. The van der Waals surface area contributed by atoms with E-state index in [1.54, 1.807) is 36.1 Å². The van der Waals surface area contributed by atoms with Gasteiger partial charge in [0, 0.05) is 31.6 Å². The molecule has 1 atom stereocenters. The fraction of sp³-hybridized carbons (Fsp3) is 0.364. The number of pyridine rings is 1. The number of amides is 2. The normalized spacial score (nSPS) is 21.5. The first-order valence-corrected chi connectivity index (χ1v) is 10.3. The molecule has 2 aliphatic rings. The lowest BCUT2D eigenvalue weighted by molar-refractivity contribution is -0.153. The number of nitrogens with one attached hydrogen (secondary N) is 1. The highest BCUT2D eigenvalue weighted by molar-refractivity contribution is 6.30. The molecular formula is C22H22ClN3O4. The zero-order valence-electron chi connectivity index (χ0n) is 16.6. The average molecular weight is 428 g/mol. The molecule has 0 radical (unpaired) electrons. The number of cyclic esters (lactones) is 1. The van der Waals surface area contributed by atoms with E-state index in [-0.39, 0.29) is 17.7 Å². The number of ether oxygens (including phenoxy) is 1. The van der Waals surface area contributed by atoms with Crippen molar-refractivity contribution >= 4 is 35.2 Å². The summed E-state index contributed by atoms with van der Waals surface area (Å²) in [6, 6.07) is 10.5. The van der Waals surface area contributed by atoms with Crippen molar-refractivity contribution in [3.63, 3.8) is 0 Å². The fourth-order valence-electron chi connectivity index (χ4n) is 4.01. The molecule has 30 heavy (non-hydrogen) atoms. The maximum atomic E-state index is 13.2. The number of esters is 1. The van der Waals surface area contributed by atoms with Gasteiger partial charge in [0.25, 0.3) is 5.91 Å². The molecule has 1 fully saturated rings. The van der Waals surface area contributed by atoms with Crippen LogP contribution in [0.25, 0.3) is 0 Å². The Morgan fingerprint density at radius 2 is 1.93 bits per heavy atom. The van der Waals surface area contributed by atoms with Crippen LogP contribution in [0.4, 0.5) is 5.82 Å². The third-order valence-corrected chi connectivity index (χ3v) is 5.89. The quantitative estimate of drug-likeness (QED) is 0.760. The van der Waals surface area contributed by atoms with E-state index < -0.39 is 11.6 Å². The first kappa shape index (κ1) is 20.3. The number of rotatable bonds is 3. The van der Waals surface area contributed by atoms with Gasteiger partial charge in [-0.05, 0) is 43.5 Å². The molecule has 0 bridgehead atoms. The molecule has 1 saturated heterocycles. The van der Waals surface area contributed by atoms with Crippen LogP contribution in [0.2, 0.25) is 5.02 Å². The maximum absolute atomic E-state index is 13.2. The van der Waals surface area contributed by atoms with Gasteiger partial charge in [-0.3, -0.25) is 9.59 Å². The number of hydrogen-bond acceptors (Lipinski definition) is 5. The van der Waals surface area contributed by atoms with Crippen LogP contribution < -0.4 is 5.32 Å². The van der Waals surface area contributed by atoms with Crippen LogP contribution in [0.3, 0.4) is 0 Å². The lowest BCUT2D eigenvalue weighted by Crippen LogP contribution is -2.55. The second kappa shape index (κ2) is 8.07. The highest BCUT2D eigenvalue weighted by Crippen LogP contribution is 2.31. The molecule has 1 unspecified atom stereocenters. The number of piperidine rings is 1. The molecule has 1 N–H and O–H groups in total. The number of nitrogens with zero attached hydrogens (tertiary/aromatic N) is 2. The van der Waals surface area contributed by atoms with E-state index in [0.29, 0.717) is 48.8 Å². The van der Waals surface area contributed by atoms with Crippen LogP contribution in [0.15, 0.2) is 42.6 Å². The van der Waals surface area contributed by atoms with Crippen LogP contribution in [-0.2, 0) is 20.7 Å². The number of hydrogen-bond donors (Lipinski definition) is 1. The fourth-order valence-corrected chi connectivity index (χ4v) is 4.12. The van der Waals surface area contributed by atoms with Gasteiger partial charge >= 0.3 is 5.97 Å². The topological polar surface area (TPSA) is 88.6 Å². The van der Waals surface area contributed by atoms with Crippen molar-refractivity contribution < 1.29 is 19.1 Å². The SMILES string of the molecule is CC1(C(=O)N2CCC(C(=O)Nc3ccc(Cl)cn3)CC2)Cc2ccccc2C(=O)O1. The van der Waals surface area contributed by atoms with Crippen LogP contribution in [0, 0.1) is 5.92 Å². The smallest absolute Gasteiger partial charge is 0.339 e. The van der Waals surface area contributed by atoms with Gasteiger partial charge in [-0.1, -0.05) is 29.8 Å². The summed E-state index contributed by atoms with van der Waals surface area (Å²) in [5, 5.41) is 3.29. The monoisotopic (exact) mass is 427 g/mol.